The van der Waals surface area contributed by atoms with Crippen molar-refractivity contribution in [2.45, 2.75) is 0 Å². The van der Waals surface area contributed by atoms with Crippen LogP contribution < -0.4 is 10.5 Å². The molecule has 0 saturated carbocycles. The van der Waals surface area contributed by atoms with Gasteiger partial charge in [0.25, 0.3) is 0 Å². The number of carbonyl (C=O) groups is 1. The van der Waals surface area contributed by atoms with Gasteiger partial charge in [0.1, 0.15) is 11.6 Å². The molecular formula is C20H15N3O2. The Morgan fingerprint density at radius 3 is 2.28 bits per heavy atom. The lowest BCUT2D eigenvalue weighted by molar-refractivity contribution is 0.211. The topological polar surface area (TPSA) is 81.0 Å². The Morgan fingerprint density at radius 1 is 0.880 bits per heavy atom. The number of carbonyl (C=O) groups excluding carboxylic acids is 1. The summed E-state index contributed by atoms with van der Waals surface area (Å²) in [5.74, 6) is 1.13. The minimum atomic E-state index is -0.841. The maximum atomic E-state index is 10.9. The van der Waals surface area contributed by atoms with Gasteiger partial charge in [-0.2, -0.15) is 0 Å². The number of nitrogens with two attached hydrogens (primary N) is 1. The number of rotatable bonds is 3. The second-order valence-electron chi connectivity index (χ2n) is 5.63. The molecule has 122 valence electrons. The lowest BCUT2D eigenvalue weighted by Gasteiger charge is -2.02. The molecule has 5 heteroatoms. The van der Waals surface area contributed by atoms with Gasteiger partial charge in [0.15, 0.2) is 0 Å². The Labute approximate surface area is 144 Å². The van der Waals surface area contributed by atoms with Crippen LogP contribution in [0, 0.1) is 0 Å². The van der Waals surface area contributed by atoms with E-state index in [1.807, 2.05) is 36.4 Å². The maximum Gasteiger partial charge on any atom is 0.409 e. The van der Waals surface area contributed by atoms with Gasteiger partial charge in [0, 0.05) is 11.6 Å². The number of hydrogen-bond acceptors (Lipinski definition) is 3. The molecule has 1 amide bonds. The van der Waals surface area contributed by atoms with Crippen LogP contribution in [0.25, 0.3) is 33.5 Å². The van der Waals surface area contributed by atoms with Crippen molar-refractivity contribution >= 4 is 17.1 Å². The molecule has 0 aliphatic heterocycles. The van der Waals surface area contributed by atoms with Crippen molar-refractivity contribution in [3.8, 4) is 28.3 Å². The SMILES string of the molecule is NC(=O)Oc1ccc2[nH]c(-c3ccc(-c4ccccc4)cc3)nc2c1. The third-order valence-electron chi connectivity index (χ3n) is 3.94. The van der Waals surface area contributed by atoms with E-state index in [0.717, 1.165) is 22.5 Å². The van der Waals surface area contributed by atoms with Crippen molar-refractivity contribution in [3.63, 3.8) is 0 Å². The lowest BCUT2D eigenvalue weighted by Crippen LogP contribution is -2.16. The number of hydrogen-bond donors (Lipinski definition) is 2. The zero-order valence-corrected chi connectivity index (χ0v) is 13.3. The fraction of sp³-hybridized carbons (Fsp3) is 0. The molecule has 1 aromatic heterocycles. The first kappa shape index (κ1) is 15.0. The number of H-pyrrole nitrogens is 1. The molecule has 0 spiro atoms. The number of benzene rings is 3. The van der Waals surface area contributed by atoms with Crippen LogP contribution in [0.15, 0.2) is 72.8 Å². The average molecular weight is 329 g/mol. The van der Waals surface area contributed by atoms with Crippen molar-refractivity contribution in [2.24, 2.45) is 5.73 Å². The van der Waals surface area contributed by atoms with Crippen LogP contribution in [0.4, 0.5) is 4.79 Å². The van der Waals surface area contributed by atoms with E-state index in [4.69, 9.17) is 10.5 Å². The monoisotopic (exact) mass is 329 g/mol. The molecule has 3 N–H and O–H groups in total. The minimum Gasteiger partial charge on any atom is -0.410 e. The van der Waals surface area contributed by atoms with E-state index in [1.165, 1.54) is 5.56 Å². The minimum absolute atomic E-state index is 0.373. The summed E-state index contributed by atoms with van der Waals surface area (Å²) in [5.41, 5.74) is 9.91. The number of amides is 1. The van der Waals surface area contributed by atoms with E-state index in [1.54, 1.807) is 12.1 Å². The molecule has 0 fully saturated rings. The summed E-state index contributed by atoms with van der Waals surface area (Å²) >= 11 is 0. The van der Waals surface area contributed by atoms with Gasteiger partial charge in [-0.15, -0.1) is 0 Å². The molecule has 0 unspecified atom stereocenters. The number of fused-ring (bicyclic) bond motifs is 1. The highest BCUT2D eigenvalue weighted by molar-refractivity contribution is 5.82. The predicted molar refractivity (Wildman–Crippen MR) is 97.2 cm³/mol. The van der Waals surface area contributed by atoms with Crippen molar-refractivity contribution in [3.05, 3.63) is 72.8 Å². The molecule has 4 rings (SSSR count). The van der Waals surface area contributed by atoms with Gasteiger partial charge >= 0.3 is 6.09 Å². The van der Waals surface area contributed by atoms with Crippen LogP contribution >= 0.6 is 0 Å². The molecule has 1 heterocycles. The Balaban J connectivity index is 1.66. The van der Waals surface area contributed by atoms with Gasteiger partial charge in [-0.3, -0.25) is 0 Å². The van der Waals surface area contributed by atoms with E-state index in [0.29, 0.717) is 11.3 Å². The Bertz CT molecular complexity index is 1040. The standard InChI is InChI=1S/C20H15N3O2/c21-20(24)25-16-10-11-17-18(12-16)23-19(22-17)15-8-6-14(7-9-15)13-4-2-1-3-5-13/h1-12H,(H2,21,24)(H,22,23). The summed E-state index contributed by atoms with van der Waals surface area (Å²) < 4.78 is 4.89. The Morgan fingerprint density at radius 2 is 1.56 bits per heavy atom. The largest absolute Gasteiger partial charge is 0.410 e. The Kier molecular flexibility index (Phi) is 3.67. The molecule has 0 saturated heterocycles. The van der Waals surface area contributed by atoms with Crippen LogP contribution in [0.1, 0.15) is 0 Å². The van der Waals surface area contributed by atoms with Gasteiger partial charge in [-0.1, -0.05) is 54.6 Å². The summed E-state index contributed by atoms with van der Waals surface area (Å²) in [6.07, 6.45) is -0.841. The summed E-state index contributed by atoms with van der Waals surface area (Å²) in [7, 11) is 0. The number of aromatic amines is 1. The quantitative estimate of drug-likeness (QED) is 0.586. The van der Waals surface area contributed by atoms with Crippen molar-refractivity contribution in [1.82, 2.24) is 9.97 Å². The molecule has 25 heavy (non-hydrogen) atoms. The third-order valence-corrected chi connectivity index (χ3v) is 3.94. The molecule has 0 atom stereocenters. The average Bonchev–Trinajstić information content (AvgIpc) is 3.05. The third kappa shape index (κ3) is 3.07. The molecule has 0 bridgehead atoms. The summed E-state index contributed by atoms with van der Waals surface area (Å²) in [6.45, 7) is 0. The first-order valence-electron chi connectivity index (χ1n) is 7.82. The number of nitrogens with one attached hydrogen (secondary N) is 1. The van der Waals surface area contributed by atoms with Gasteiger partial charge < -0.3 is 15.5 Å². The van der Waals surface area contributed by atoms with E-state index < -0.39 is 6.09 Å². The summed E-state index contributed by atoms with van der Waals surface area (Å²) in [6, 6.07) is 23.6. The Hall–Kier alpha value is -3.60. The van der Waals surface area contributed by atoms with Gasteiger partial charge in [0.05, 0.1) is 11.0 Å². The fourth-order valence-corrected chi connectivity index (χ4v) is 2.75. The van der Waals surface area contributed by atoms with Gasteiger partial charge in [0.2, 0.25) is 0 Å². The molecule has 4 aromatic rings. The second kappa shape index (κ2) is 6.13. The molecular weight excluding hydrogens is 314 g/mol. The number of ether oxygens (including phenoxy) is 1. The van der Waals surface area contributed by atoms with Crippen LogP contribution in [0.2, 0.25) is 0 Å². The highest BCUT2D eigenvalue weighted by Crippen LogP contribution is 2.26. The molecule has 0 aliphatic carbocycles. The fourth-order valence-electron chi connectivity index (χ4n) is 2.75. The van der Waals surface area contributed by atoms with Crippen molar-refractivity contribution in [1.29, 1.82) is 0 Å². The number of primary amides is 1. The highest BCUT2D eigenvalue weighted by atomic mass is 16.5. The van der Waals surface area contributed by atoms with Crippen LogP contribution in [0.3, 0.4) is 0 Å². The number of aromatic nitrogens is 2. The number of nitrogens with zero attached hydrogens (tertiary/aromatic N) is 1. The summed E-state index contributed by atoms with van der Waals surface area (Å²) in [5, 5.41) is 0. The zero-order valence-electron chi connectivity index (χ0n) is 13.3. The predicted octanol–water partition coefficient (Wildman–Crippen LogP) is 4.35. The highest BCUT2D eigenvalue weighted by Gasteiger charge is 2.08. The van der Waals surface area contributed by atoms with Crippen molar-refractivity contribution < 1.29 is 9.53 Å². The van der Waals surface area contributed by atoms with E-state index in [2.05, 4.69) is 34.2 Å². The van der Waals surface area contributed by atoms with Crippen LogP contribution in [0.5, 0.6) is 5.75 Å². The first-order valence-corrected chi connectivity index (χ1v) is 7.82. The summed E-state index contributed by atoms with van der Waals surface area (Å²) in [4.78, 5) is 18.7. The zero-order chi connectivity index (χ0) is 17.2. The van der Waals surface area contributed by atoms with E-state index in [9.17, 15) is 4.79 Å². The van der Waals surface area contributed by atoms with Gasteiger partial charge in [-0.25, -0.2) is 9.78 Å². The maximum absolute atomic E-state index is 10.9. The molecule has 5 nitrogen and oxygen atoms in total. The van der Waals surface area contributed by atoms with Crippen molar-refractivity contribution in [2.75, 3.05) is 0 Å². The molecule has 0 radical (unpaired) electrons. The normalized spacial score (nSPS) is 10.7. The van der Waals surface area contributed by atoms with Crippen LogP contribution in [-0.2, 0) is 0 Å². The molecule has 0 aliphatic rings. The van der Waals surface area contributed by atoms with E-state index >= 15 is 0 Å². The second-order valence-corrected chi connectivity index (χ2v) is 5.63. The number of imidazole rings is 1. The molecule has 3 aromatic carbocycles. The van der Waals surface area contributed by atoms with E-state index in [-0.39, 0.29) is 0 Å². The van der Waals surface area contributed by atoms with Crippen LogP contribution in [-0.4, -0.2) is 16.1 Å². The van der Waals surface area contributed by atoms with Gasteiger partial charge in [-0.05, 0) is 23.3 Å². The lowest BCUT2D eigenvalue weighted by atomic mass is 10.0. The first-order chi connectivity index (χ1) is 12.2. The smallest absolute Gasteiger partial charge is 0.409 e.